The number of halogens is 1. The number of carboxylic acids is 1. The van der Waals surface area contributed by atoms with Crippen LogP contribution in [0, 0.1) is 5.41 Å². The number of carboxylic acid groups (broad SMARTS) is 1. The van der Waals surface area contributed by atoms with Gasteiger partial charge in [-0.05, 0) is 42.3 Å². The quantitative estimate of drug-likeness (QED) is 0.575. The van der Waals surface area contributed by atoms with E-state index in [4.69, 9.17) is 5.41 Å². The molecule has 6 heteroatoms. The lowest BCUT2D eigenvalue weighted by atomic mass is 10.0. The van der Waals surface area contributed by atoms with Gasteiger partial charge in [-0.25, -0.2) is 9.78 Å². The van der Waals surface area contributed by atoms with Crippen molar-refractivity contribution in [2.24, 2.45) is 0 Å². The summed E-state index contributed by atoms with van der Waals surface area (Å²) in [4.78, 5) is 15.5. The fourth-order valence-corrected chi connectivity index (χ4v) is 1.95. The van der Waals surface area contributed by atoms with E-state index in [0.717, 1.165) is 0 Å². The van der Waals surface area contributed by atoms with Crippen LogP contribution in [0.4, 0.5) is 5.82 Å². The van der Waals surface area contributed by atoms with Gasteiger partial charge < -0.3 is 15.8 Å². The van der Waals surface area contributed by atoms with Crippen LogP contribution in [-0.4, -0.2) is 27.8 Å². The number of pyridine rings is 1. The molecule has 0 saturated heterocycles. The molecule has 0 aliphatic rings. The molecule has 0 radical (unpaired) electrons. The third-order valence-electron chi connectivity index (χ3n) is 2.30. The molecule has 5 nitrogen and oxygen atoms in total. The lowest BCUT2D eigenvalue weighted by Gasteiger charge is -2.16. The number of nitrogens with one attached hydrogen (secondary N) is 2. The Morgan fingerprint density at radius 1 is 1.61 bits per heavy atom. The standard InChI is InChI=1S/C12H16BrN3O2/c1-4-8(14)10-7(12(17)18)5-9(13)16-11(10)15-6(2)3/h5-6,14H,4H2,1-3H3,(H,15,16)(H,17,18). The van der Waals surface area contributed by atoms with Crippen molar-refractivity contribution < 1.29 is 9.90 Å². The summed E-state index contributed by atoms with van der Waals surface area (Å²) in [6.07, 6.45) is 0.455. The second kappa shape index (κ2) is 5.95. The molecule has 0 saturated carbocycles. The Kier molecular flexibility index (Phi) is 4.84. The van der Waals surface area contributed by atoms with Crippen LogP contribution in [0.25, 0.3) is 0 Å². The maximum Gasteiger partial charge on any atom is 0.336 e. The highest BCUT2D eigenvalue weighted by Crippen LogP contribution is 2.24. The first-order valence-corrected chi connectivity index (χ1v) is 6.44. The van der Waals surface area contributed by atoms with Crippen molar-refractivity contribution in [3.05, 3.63) is 21.8 Å². The van der Waals surface area contributed by atoms with Crippen LogP contribution in [0.2, 0.25) is 0 Å². The third kappa shape index (κ3) is 3.29. The fraction of sp³-hybridized carbons (Fsp3) is 0.417. The van der Waals surface area contributed by atoms with Gasteiger partial charge in [-0.3, -0.25) is 0 Å². The van der Waals surface area contributed by atoms with E-state index in [1.807, 2.05) is 20.8 Å². The Morgan fingerprint density at radius 2 is 2.22 bits per heavy atom. The van der Waals surface area contributed by atoms with Gasteiger partial charge in [-0.1, -0.05) is 6.92 Å². The summed E-state index contributed by atoms with van der Waals surface area (Å²) in [5.41, 5.74) is 0.712. The summed E-state index contributed by atoms with van der Waals surface area (Å²) < 4.78 is 0.440. The first-order chi connectivity index (χ1) is 8.36. The molecule has 0 aliphatic heterocycles. The normalized spacial score (nSPS) is 10.5. The van der Waals surface area contributed by atoms with Crippen molar-refractivity contribution in [2.45, 2.75) is 33.2 Å². The van der Waals surface area contributed by atoms with Gasteiger partial charge in [0, 0.05) is 11.8 Å². The van der Waals surface area contributed by atoms with E-state index >= 15 is 0 Å². The Labute approximate surface area is 114 Å². The molecule has 1 aromatic rings. The number of anilines is 1. The van der Waals surface area contributed by atoms with E-state index in [0.29, 0.717) is 22.4 Å². The van der Waals surface area contributed by atoms with E-state index in [9.17, 15) is 9.90 Å². The molecule has 0 atom stereocenters. The number of carbonyl (C=O) groups is 1. The smallest absolute Gasteiger partial charge is 0.336 e. The molecular weight excluding hydrogens is 298 g/mol. The van der Waals surface area contributed by atoms with Crippen LogP contribution in [0.15, 0.2) is 10.7 Å². The zero-order valence-corrected chi connectivity index (χ0v) is 12.1. The number of aromatic carboxylic acids is 1. The predicted octanol–water partition coefficient (Wildman–Crippen LogP) is 3.14. The molecule has 0 amide bonds. The lowest BCUT2D eigenvalue weighted by molar-refractivity contribution is 0.0696. The molecule has 0 unspecified atom stereocenters. The van der Waals surface area contributed by atoms with E-state index in [2.05, 4.69) is 26.2 Å². The van der Waals surface area contributed by atoms with E-state index < -0.39 is 5.97 Å². The van der Waals surface area contributed by atoms with E-state index in [1.165, 1.54) is 6.07 Å². The second-order valence-corrected chi connectivity index (χ2v) is 4.96. The van der Waals surface area contributed by atoms with Crippen LogP contribution >= 0.6 is 15.9 Å². The molecule has 0 spiro atoms. The van der Waals surface area contributed by atoms with Gasteiger partial charge in [0.2, 0.25) is 0 Å². The molecule has 1 aromatic heterocycles. The van der Waals surface area contributed by atoms with Crippen molar-refractivity contribution in [3.8, 4) is 0 Å². The highest BCUT2D eigenvalue weighted by molar-refractivity contribution is 9.10. The van der Waals surface area contributed by atoms with Crippen molar-refractivity contribution >= 4 is 33.4 Å². The van der Waals surface area contributed by atoms with Crippen LogP contribution < -0.4 is 5.32 Å². The molecule has 1 heterocycles. The summed E-state index contributed by atoms with van der Waals surface area (Å²) in [5.74, 6) is -0.623. The second-order valence-electron chi connectivity index (χ2n) is 4.15. The Bertz CT molecular complexity index is 486. The first kappa shape index (κ1) is 14.6. The lowest BCUT2D eigenvalue weighted by Crippen LogP contribution is -2.18. The Hall–Kier alpha value is -1.43. The fourth-order valence-electron chi connectivity index (χ4n) is 1.54. The monoisotopic (exact) mass is 313 g/mol. The van der Waals surface area contributed by atoms with Gasteiger partial charge in [0.1, 0.15) is 10.4 Å². The first-order valence-electron chi connectivity index (χ1n) is 5.65. The summed E-state index contributed by atoms with van der Waals surface area (Å²) in [7, 11) is 0. The Balaban J connectivity index is 3.47. The van der Waals surface area contributed by atoms with Crippen LogP contribution in [0.3, 0.4) is 0 Å². The molecule has 98 valence electrons. The molecule has 0 aromatic carbocycles. The maximum atomic E-state index is 11.3. The van der Waals surface area contributed by atoms with Gasteiger partial charge in [-0.15, -0.1) is 0 Å². The Morgan fingerprint density at radius 3 is 2.67 bits per heavy atom. The van der Waals surface area contributed by atoms with Crippen molar-refractivity contribution in [3.63, 3.8) is 0 Å². The third-order valence-corrected chi connectivity index (χ3v) is 2.71. The number of hydrogen-bond acceptors (Lipinski definition) is 4. The largest absolute Gasteiger partial charge is 0.478 e. The van der Waals surface area contributed by atoms with Gasteiger partial charge in [0.15, 0.2) is 0 Å². The number of rotatable bonds is 5. The maximum absolute atomic E-state index is 11.3. The summed E-state index contributed by atoms with van der Waals surface area (Å²) >= 11 is 3.19. The molecular formula is C12H16BrN3O2. The zero-order chi connectivity index (χ0) is 13.9. The van der Waals surface area contributed by atoms with Gasteiger partial charge in [-0.2, -0.15) is 0 Å². The highest BCUT2D eigenvalue weighted by atomic mass is 79.9. The van der Waals surface area contributed by atoms with Gasteiger partial charge in [0.05, 0.1) is 11.1 Å². The summed E-state index contributed by atoms with van der Waals surface area (Å²) in [6.45, 7) is 5.68. The number of nitrogens with zero attached hydrogens (tertiary/aromatic N) is 1. The molecule has 3 N–H and O–H groups in total. The summed E-state index contributed by atoms with van der Waals surface area (Å²) in [6, 6.07) is 1.53. The SMILES string of the molecule is CCC(=N)c1c(C(=O)O)cc(Br)nc1NC(C)C. The zero-order valence-electron chi connectivity index (χ0n) is 10.5. The minimum atomic E-state index is -1.06. The van der Waals surface area contributed by atoms with Crippen molar-refractivity contribution in [1.82, 2.24) is 4.98 Å². The summed E-state index contributed by atoms with van der Waals surface area (Å²) in [5, 5.41) is 20.2. The van der Waals surface area contributed by atoms with E-state index in [1.54, 1.807) is 0 Å². The minimum Gasteiger partial charge on any atom is -0.478 e. The molecule has 1 rings (SSSR count). The minimum absolute atomic E-state index is 0.0897. The topological polar surface area (TPSA) is 86.1 Å². The van der Waals surface area contributed by atoms with Crippen LogP contribution in [-0.2, 0) is 0 Å². The average molecular weight is 314 g/mol. The molecule has 0 fully saturated rings. The molecule has 0 bridgehead atoms. The van der Waals surface area contributed by atoms with Crippen molar-refractivity contribution in [2.75, 3.05) is 5.32 Å². The van der Waals surface area contributed by atoms with Crippen LogP contribution in [0.1, 0.15) is 43.1 Å². The molecule has 0 aliphatic carbocycles. The number of aromatic nitrogens is 1. The van der Waals surface area contributed by atoms with Gasteiger partial charge in [0.25, 0.3) is 0 Å². The number of hydrogen-bond donors (Lipinski definition) is 3. The van der Waals surface area contributed by atoms with E-state index in [-0.39, 0.29) is 17.3 Å². The van der Waals surface area contributed by atoms with Gasteiger partial charge >= 0.3 is 5.97 Å². The van der Waals surface area contributed by atoms with Crippen LogP contribution in [0.5, 0.6) is 0 Å². The predicted molar refractivity (Wildman–Crippen MR) is 74.8 cm³/mol. The average Bonchev–Trinajstić information content (AvgIpc) is 2.26. The highest BCUT2D eigenvalue weighted by Gasteiger charge is 2.20. The molecule has 18 heavy (non-hydrogen) atoms. The van der Waals surface area contributed by atoms with Crippen molar-refractivity contribution in [1.29, 1.82) is 5.41 Å².